The van der Waals surface area contributed by atoms with E-state index in [2.05, 4.69) is 29.7 Å². The van der Waals surface area contributed by atoms with Gasteiger partial charge in [0.2, 0.25) is 0 Å². The molecule has 1 spiro atoms. The van der Waals surface area contributed by atoms with Crippen LogP contribution in [0.1, 0.15) is 50.5 Å². The molecule has 3 unspecified atom stereocenters. The number of hydrogen-bond acceptors (Lipinski definition) is 4. The minimum Gasteiger partial charge on any atom is -0.378 e. The minimum atomic E-state index is -0.0782. The van der Waals surface area contributed by atoms with E-state index in [0.29, 0.717) is 5.92 Å². The first kappa shape index (κ1) is 15.0. The van der Waals surface area contributed by atoms with Gasteiger partial charge >= 0.3 is 0 Å². The summed E-state index contributed by atoms with van der Waals surface area (Å²) in [5.74, 6) is 0.451. The van der Waals surface area contributed by atoms with E-state index < -0.39 is 0 Å². The van der Waals surface area contributed by atoms with Gasteiger partial charge in [0.1, 0.15) is 0 Å². The lowest BCUT2D eigenvalue weighted by Gasteiger charge is -2.39. The molecule has 2 aliphatic heterocycles. The van der Waals surface area contributed by atoms with Crippen LogP contribution in [0.4, 0.5) is 0 Å². The first-order valence-electron chi connectivity index (χ1n) is 8.21. The number of ether oxygens (including phenoxy) is 2. The maximum Gasteiger partial charge on any atom is 0.0940 e. The molecule has 0 saturated carbocycles. The third kappa shape index (κ3) is 2.87. The van der Waals surface area contributed by atoms with Crippen LogP contribution < -0.4 is 5.73 Å². The predicted molar refractivity (Wildman–Crippen MR) is 81.1 cm³/mol. The molecule has 0 amide bonds. The second-order valence-corrected chi connectivity index (χ2v) is 6.34. The summed E-state index contributed by atoms with van der Waals surface area (Å²) in [5, 5.41) is 4.63. The number of nitrogens with zero attached hydrogens (tertiary/aromatic N) is 2. The van der Waals surface area contributed by atoms with Gasteiger partial charge in [0.15, 0.2) is 0 Å². The van der Waals surface area contributed by atoms with Crippen LogP contribution in [-0.4, -0.2) is 35.2 Å². The van der Waals surface area contributed by atoms with Crippen molar-refractivity contribution in [2.75, 3.05) is 19.8 Å². The molecule has 2 aliphatic rings. The zero-order valence-electron chi connectivity index (χ0n) is 13.2. The highest BCUT2D eigenvalue weighted by molar-refractivity contribution is 5.16. The normalized spacial score (nSPS) is 30.9. The molecule has 2 N–H and O–H groups in total. The van der Waals surface area contributed by atoms with E-state index in [-0.39, 0.29) is 11.6 Å². The van der Waals surface area contributed by atoms with Crippen molar-refractivity contribution in [3.05, 3.63) is 17.5 Å². The Morgan fingerprint density at radius 3 is 3.00 bits per heavy atom. The van der Waals surface area contributed by atoms with Crippen molar-refractivity contribution >= 4 is 0 Å². The van der Waals surface area contributed by atoms with Gasteiger partial charge in [-0.3, -0.25) is 4.68 Å². The summed E-state index contributed by atoms with van der Waals surface area (Å²) in [6, 6.07) is 2.22. The SMILES string of the molecule is CCc1cc(C(N)C2CCOC3(CCOC3)C2)n(CC)n1. The number of hydrogen-bond donors (Lipinski definition) is 1. The molecule has 21 heavy (non-hydrogen) atoms. The van der Waals surface area contributed by atoms with Crippen LogP contribution >= 0.6 is 0 Å². The highest BCUT2D eigenvalue weighted by atomic mass is 16.6. The average Bonchev–Trinajstić information content (AvgIpc) is 3.13. The van der Waals surface area contributed by atoms with Gasteiger partial charge in [-0.25, -0.2) is 0 Å². The smallest absolute Gasteiger partial charge is 0.0940 e. The van der Waals surface area contributed by atoms with E-state index in [1.165, 1.54) is 5.69 Å². The molecule has 3 heterocycles. The summed E-state index contributed by atoms with van der Waals surface area (Å²) in [7, 11) is 0. The Hall–Kier alpha value is -0.910. The van der Waals surface area contributed by atoms with Gasteiger partial charge in [-0.2, -0.15) is 5.10 Å². The third-order valence-electron chi connectivity index (χ3n) is 4.97. The van der Waals surface area contributed by atoms with Gasteiger partial charge < -0.3 is 15.2 Å². The van der Waals surface area contributed by atoms with Gasteiger partial charge in [0.25, 0.3) is 0 Å². The molecule has 2 saturated heterocycles. The molecule has 0 bridgehead atoms. The lowest BCUT2D eigenvalue weighted by Crippen LogP contribution is -2.43. The van der Waals surface area contributed by atoms with E-state index in [4.69, 9.17) is 15.2 Å². The average molecular weight is 293 g/mol. The lowest BCUT2D eigenvalue weighted by molar-refractivity contribution is -0.102. The Morgan fingerprint density at radius 2 is 2.33 bits per heavy atom. The fraction of sp³-hybridized carbons (Fsp3) is 0.812. The molecule has 1 aromatic rings. The molecule has 0 aliphatic carbocycles. The van der Waals surface area contributed by atoms with Crippen LogP contribution in [0.5, 0.6) is 0 Å². The number of aromatic nitrogens is 2. The van der Waals surface area contributed by atoms with Gasteiger partial charge in [-0.05, 0) is 38.2 Å². The fourth-order valence-corrected chi connectivity index (χ4v) is 3.66. The van der Waals surface area contributed by atoms with Crippen LogP contribution in [0.3, 0.4) is 0 Å². The maximum atomic E-state index is 6.61. The Balaban J connectivity index is 1.77. The van der Waals surface area contributed by atoms with Crippen molar-refractivity contribution in [3.8, 4) is 0 Å². The van der Waals surface area contributed by atoms with Crippen LogP contribution in [0.15, 0.2) is 6.07 Å². The Labute approximate surface area is 126 Å². The van der Waals surface area contributed by atoms with Crippen molar-refractivity contribution < 1.29 is 9.47 Å². The van der Waals surface area contributed by atoms with E-state index in [1.807, 2.05) is 0 Å². The lowest BCUT2D eigenvalue weighted by atomic mass is 9.80. The van der Waals surface area contributed by atoms with Gasteiger partial charge in [-0.1, -0.05) is 6.92 Å². The van der Waals surface area contributed by atoms with E-state index in [1.54, 1.807) is 0 Å². The van der Waals surface area contributed by atoms with Crippen molar-refractivity contribution in [3.63, 3.8) is 0 Å². The highest BCUT2D eigenvalue weighted by Crippen LogP contribution is 2.40. The largest absolute Gasteiger partial charge is 0.378 e. The van der Waals surface area contributed by atoms with Gasteiger partial charge in [0.05, 0.1) is 23.6 Å². The summed E-state index contributed by atoms with van der Waals surface area (Å²) in [6.07, 6.45) is 3.99. The van der Waals surface area contributed by atoms with E-state index in [9.17, 15) is 0 Å². The van der Waals surface area contributed by atoms with Crippen LogP contribution in [0.25, 0.3) is 0 Å². The second-order valence-electron chi connectivity index (χ2n) is 6.34. The third-order valence-corrected chi connectivity index (χ3v) is 4.97. The Morgan fingerprint density at radius 1 is 1.48 bits per heavy atom. The zero-order valence-corrected chi connectivity index (χ0v) is 13.2. The van der Waals surface area contributed by atoms with Crippen molar-refractivity contribution in [2.24, 2.45) is 11.7 Å². The standard InChI is InChI=1S/C16H27N3O2/c1-3-13-9-14(19(4-2)18-13)15(17)12-5-7-21-16(10-12)6-8-20-11-16/h9,12,15H,3-8,10-11,17H2,1-2H3. The van der Waals surface area contributed by atoms with Gasteiger partial charge in [-0.15, -0.1) is 0 Å². The van der Waals surface area contributed by atoms with Crippen LogP contribution in [0.2, 0.25) is 0 Å². The quantitative estimate of drug-likeness (QED) is 0.923. The highest BCUT2D eigenvalue weighted by Gasteiger charge is 2.43. The molecule has 3 rings (SSSR count). The topological polar surface area (TPSA) is 62.3 Å². The molecule has 5 heteroatoms. The van der Waals surface area contributed by atoms with Crippen LogP contribution in [-0.2, 0) is 22.4 Å². The van der Waals surface area contributed by atoms with Crippen molar-refractivity contribution in [1.82, 2.24) is 9.78 Å². The van der Waals surface area contributed by atoms with Crippen LogP contribution in [0, 0.1) is 5.92 Å². The molecular weight excluding hydrogens is 266 g/mol. The predicted octanol–water partition coefficient (Wildman–Crippen LogP) is 2.05. The van der Waals surface area contributed by atoms with E-state index >= 15 is 0 Å². The molecule has 5 nitrogen and oxygen atoms in total. The van der Waals surface area contributed by atoms with Crippen molar-refractivity contribution in [2.45, 2.75) is 57.7 Å². The number of aryl methyl sites for hydroxylation is 2. The second kappa shape index (κ2) is 6.07. The maximum absolute atomic E-state index is 6.61. The van der Waals surface area contributed by atoms with Crippen molar-refractivity contribution in [1.29, 1.82) is 0 Å². The van der Waals surface area contributed by atoms with Gasteiger partial charge in [0, 0.05) is 32.2 Å². The molecular formula is C16H27N3O2. The number of rotatable bonds is 4. The number of nitrogens with two attached hydrogens (primary N) is 1. The minimum absolute atomic E-state index is 0.0409. The summed E-state index contributed by atoms with van der Waals surface area (Å²) in [4.78, 5) is 0. The summed E-state index contributed by atoms with van der Waals surface area (Å²) < 4.78 is 13.6. The summed E-state index contributed by atoms with van der Waals surface area (Å²) in [6.45, 7) is 7.47. The molecule has 2 fully saturated rings. The first-order chi connectivity index (χ1) is 10.2. The zero-order chi connectivity index (χ0) is 14.9. The molecule has 3 atom stereocenters. The molecule has 0 radical (unpaired) electrons. The molecule has 118 valence electrons. The summed E-state index contributed by atoms with van der Waals surface area (Å²) in [5.41, 5.74) is 8.84. The monoisotopic (exact) mass is 293 g/mol. The fourth-order valence-electron chi connectivity index (χ4n) is 3.66. The Bertz CT molecular complexity index is 480. The molecule has 0 aromatic carbocycles. The molecule has 1 aromatic heterocycles. The summed E-state index contributed by atoms with van der Waals surface area (Å²) >= 11 is 0. The first-order valence-corrected chi connectivity index (χ1v) is 8.21. The Kier molecular flexibility index (Phi) is 4.33. The van der Waals surface area contributed by atoms with E-state index in [0.717, 1.165) is 57.7 Å².